The second-order valence-corrected chi connectivity index (χ2v) is 9.99. The van der Waals surface area contributed by atoms with Gasteiger partial charge in [0.2, 0.25) is 0 Å². The molecule has 0 aromatic heterocycles. The minimum Gasteiger partial charge on any atom is -0.628 e. The van der Waals surface area contributed by atoms with Crippen molar-refractivity contribution in [3.8, 4) is 11.5 Å². The third kappa shape index (κ3) is 2.33. The molecule has 0 saturated heterocycles. The Morgan fingerprint density at radius 3 is 1.51 bits per heavy atom. The van der Waals surface area contributed by atoms with Gasteiger partial charge in [0.05, 0.1) is 0 Å². The van der Waals surface area contributed by atoms with E-state index in [9.17, 15) is 0 Å². The molecule has 2 atom stereocenters. The molecule has 0 saturated carbocycles. The van der Waals surface area contributed by atoms with E-state index in [4.69, 9.17) is 13.9 Å². The van der Waals surface area contributed by atoms with E-state index >= 15 is 0 Å². The molecule has 0 amide bonds. The number of fused-ring (bicyclic) bond motifs is 6. The van der Waals surface area contributed by atoms with Gasteiger partial charge in [-0.25, -0.2) is 0 Å². The van der Waals surface area contributed by atoms with Crippen LogP contribution in [0.4, 0.5) is 11.4 Å². The molecular formula is C28H22B2N2O3. The molecule has 4 heterocycles. The number of hydrogen-bond donors (Lipinski definition) is 0. The van der Waals surface area contributed by atoms with Crippen molar-refractivity contribution in [3.05, 3.63) is 107 Å². The highest BCUT2D eigenvalue weighted by atomic mass is 16.7. The second kappa shape index (κ2) is 6.32. The van der Waals surface area contributed by atoms with E-state index < -0.39 is 13.4 Å². The van der Waals surface area contributed by atoms with Crippen LogP contribution in [0, 0.1) is 13.8 Å². The lowest BCUT2D eigenvalue weighted by molar-refractivity contribution is -0.335. The first-order valence-electron chi connectivity index (χ1n) is 12.1. The summed E-state index contributed by atoms with van der Waals surface area (Å²) in [6.07, 6.45) is 4.35. The lowest BCUT2D eigenvalue weighted by Crippen LogP contribution is -2.71. The van der Waals surface area contributed by atoms with Crippen molar-refractivity contribution < 1.29 is 22.9 Å². The van der Waals surface area contributed by atoms with Crippen molar-refractivity contribution in [2.75, 3.05) is 0 Å². The van der Waals surface area contributed by atoms with E-state index in [0.717, 1.165) is 44.9 Å². The van der Waals surface area contributed by atoms with Crippen LogP contribution in [0.15, 0.2) is 84.9 Å². The smallest absolute Gasteiger partial charge is 0.597 e. The summed E-state index contributed by atoms with van der Waals surface area (Å²) in [7, 11) is 0. The van der Waals surface area contributed by atoms with Gasteiger partial charge in [0, 0.05) is 23.3 Å². The zero-order chi connectivity index (χ0) is 23.4. The second-order valence-electron chi connectivity index (χ2n) is 9.99. The summed E-state index contributed by atoms with van der Waals surface area (Å²) < 4.78 is 25.5. The van der Waals surface area contributed by atoms with Crippen LogP contribution in [0.2, 0.25) is 0 Å². The fourth-order valence-electron chi connectivity index (χ4n) is 6.25. The number of benzene rings is 4. The highest BCUT2D eigenvalue weighted by Gasteiger charge is 2.66. The van der Waals surface area contributed by atoms with Gasteiger partial charge >= 0.3 is 13.4 Å². The molecule has 4 aliphatic rings. The van der Waals surface area contributed by atoms with Gasteiger partial charge in [-0.05, 0) is 48.0 Å². The molecule has 2 unspecified atom stereocenters. The van der Waals surface area contributed by atoms with Gasteiger partial charge in [0.25, 0.3) is 0 Å². The van der Waals surface area contributed by atoms with Crippen LogP contribution in [-0.2, 0) is 4.57 Å². The largest absolute Gasteiger partial charge is 0.628 e. The third-order valence-electron chi connectivity index (χ3n) is 7.79. The average molecular weight is 456 g/mol. The lowest BCUT2D eigenvalue weighted by Gasteiger charge is -2.40. The molecule has 0 fully saturated rings. The number of aryl methyl sites for hydroxylation is 2. The molecule has 35 heavy (non-hydrogen) atoms. The predicted molar refractivity (Wildman–Crippen MR) is 139 cm³/mol. The molecular weight excluding hydrogens is 434 g/mol. The topological polar surface area (TPSA) is 33.7 Å². The Labute approximate surface area is 203 Å². The van der Waals surface area contributed by atoms with Crippen LogP contribution >= 0.6 is 0 Å². The first-order valence-corrected chi connectivity index (χ1v) is 12.1. The van der Waals surface area contributed by atoms with Crippen LogP contribution in [0.25, 0.3) is 0 Å². The highest BCUT2D eigenvalue weighted by Crippen LogP contribution is 2.47. The van der Waals surface area contributed by atoms with Crippen molar-refractivity contribution >= 4 is 48.1 Å². The van der Waals surface area contributed by atoms with Crippen molar-refractivity contribution in [2.45, 2.75) is 13.8 Å². The average Bonchev–Trinajstić information content (AvgIpc) is 3.23. The Kier molecular flexibility index (Phi) is 3.47. The molecule has 2 bridgehead atoms. The fraction of sp³-hybridized carbons (Fsp3) is 0.0714. The minimum atomic E-state index is -2.15. The number of nitrogens with zero attached hydrogens (tertiary/aromatic N) is 2. The maximum absolute atomic E-state index is 7.36. The summed E-state index contributed by atoms with van der Waals surface area (Å²) in [6, 6.07) is 29.3. The van der Waals surface area contributed by atoms with Crippen LogP contribution in [0.5, 0.6) is 11.5 Å². The molecule has 4 aromatic rings. The first kappa shape index (κ1) is 19.2. The van der Waals surface area contributed by atoms with E-state index in [1.165, 1.54) is 11.1 Å². The molecule has 7 heteroatoms. The van der Waals surface area contributed by atoms with Crippen LogP contribution < -0.4 is 20.2 Å². The van der Waals surface area contributed by atoms with E-state index in [1.54, 1.807) is 0 Å². The Morgan fingerprint density at radius 1 is 0.571 bits per heavy atom. The first-order chi connectivity index (χ1) is 17.1. The summed E-state index contributed by atoms with van der Waals surface area (Å²) in [5.74, 6) is 1.62. The van der Waals surface area contributed by atoms with E-state index in [1.807, 2.05) is 12.1 Å². The van der Waals surface area contributed by atoms with Gasteiger partial charge in [0.15, 0.2) is 11.4 Å². The third-order valence-corrected chi connectivity index (χ3v) is 7.79. The van der Waals surface area contributed by atoms with Crippen molar-refractivity contribution in [2.24, 2.45) is 0 Å². The molecule has 4 aliphatic heterocycles. The van der Waals surface area contributed by atoms with E-state index in [0.29, 0.717) is 0 Å². The quantitative estimate of drug-likeness (QED) is 0.379. The maximum atomic E-state index is 7.36. The summed E-state index contributed by atoms with van der Waals surface area (Å²) >= 11 is 0. The summed E-state index contributed by atoms with van der Waals surface area (Å²) in [4.78, 5) is 0. The minimum absolute atomic E-state index is 0.812. The molecule has 2 spiro atoms. The van der Waals surface area contributed by atoms with Gasteiger partial charge < -0.3 is 22.9 Å². The molecule has 0 radical (unpaired) electrons. The standard InChI is InChI=1S/C28H22B2N2O3/c1-19-11-13-27-25(15-19)31-17-21-7-3-6-10-24(21)30-32(26-16-20(2)12-14-28(26)34-30)18-22-8-4-5-9-23(22)29(31,33-27)35-30/h3-18H,1-2H3. The predicted octanol–water partition coefficient (Wildman–Crippen LogP) is 3.65. The number of rotatable bonds is 0. The molecule has 0 aliphatic carbocycles. The normalized spacial score (nSPS) is 24.1. The fourth-order valence-corrected chi connectivity index (χ4v) is 6.25. The van der Waals surface area contributed by atoms with Crippen molar-refractivity contribution in [1.29, 1.82) is 0 Å². The lowest BCUT2D eigenvalue weighted by atomic mass is 9.55. The highest BCUT2D eigenvalue weighted by molar-refractivity contribution is 6.90. The van der Waals surface area contributed by atoms with Gasteiger partial charge in [-0.15, -0.1) is 0 Å². The van der Waals surface area contributed by atoms with Crippen LogP contribution in [0.3, 0.4) is 0 Å². The number of hydrogen-bond acceptors (Lipinski definition) is 3. The van der Waals surface area contributed by atoms with Gasteiger partial charge in [-0.1, -0.05) is 60.7 Å². The SMILES string of the molecule is Cc1ccc2c(c1)[N+]1=Cc3ccccc3[B-]34Oc5ccc(C)cc5[N+]3=Cc3ccccc3[B-]1(O2)O4. The Morgan fingerprint density at radius 2 is 1.03 bits per heavy atom. The molecule has 8 rings (SSSR count). The summed E-state index contributed by atoms with van der Waals surface area (Å²) in [6.45, 7) is -0.102. The van der Waals surface area contributed by atoms with E-state index in [2.05, 4.69) is 108 Å². The van der Waals surface area contributed by atoms with Gasteiger partial charge in [-0.3, -0.25) is 0 Å². The van der Waals surface area contributed by atoms with Crippen molar-refractivity contribution in [3.63, 3.8) is 0 Å². The van der Waals surface area contributed by atoms with Crippen LogP contribution in [0.1, 0.15) is 22.3 Å². The maximum Gasteiger partial charge on any atom is 0.597 e. The zero-order valence-electron chi connectivity index (χ0n) is 19.5. The zero-order valence-corrected chi connectivity index (χ0v) is 19.5. The van der Waals surface area contributed by atoms with Gasteiger partial charge in [-0.2, -0.15) is 0 Å². The van der Waals surface area contributed by atoms with Crippen molar-refractivity contribution in [1.82, 2.24) is 0 Å². The molecule has 168 valence electrons. The molecule has 4 aromatic carbocycles. The van der Waals surface area contributed by atoms with Gasteiger partial charge in [0.1, 0.15) is 23.9 Å². The van der Waals surface area contributed by atoms with Crippen LogP contribution in [-0.4, -0.2) is 34.8 Å². The Hall–Kier alpha value is -4.09. The summed E-state index contributed by atoms with van der Waals surface area (Å²) in [5.41, 5.74) is 8.44. The Bertz CT molecular complexity index is 1560. The monoisotopic (exact) mass is 456 g/mol. The molecule has 0 N–H and O–H groups in total. The summed E-state index contributed by atoms with van der Waals surface area (Å²) in [5, 5.41) is 0. The Balaban J connectivity index is 1.53. The molecule has 5 nitrogen and oxygen atoms in total. The van der Waals surface area contributed by atoms with E-state index in [-0.39, 0.29) is 0 Å².